The number of benzene rings is 1. The first-order valence-electron chi connectivity index (χ1n) is 6.04. The molecule has 2 fully saturated rings. The summed E-state index contributed by atoms with van der Waals surface area (Å²) in [7, 11) is 0. The van der Waals surface area contributed by atoms with Crippen molar-refractivity contribution in [3.05, 3.63) is 35.4 Å². The summed E-state index contributed by atoms with van der Waals surface area (Å²) in [4.78, 5) is 13.8. The largest absolute Gasteiger partial charge is 0.325 e. The van der Waals surface area contributed by atoms with Gasteiger partial charge in [-0.15, -0.1) is 11.8 Å². The number of nitrogens with zero attached hydrogens (tertiary/aromatic N) is 1. The maximum atomic E-state index is 13.8. The van der Waals surface area contributed by atoms with E-state index in [-0.39, 0.29) is 17.2 Å². The quantitative estimate of drug-likeness (QED) is 0.822. The fourth-order valence-corrected chi connectivity index (χ4v) is 3.51. The van der Waals surface area contributed by atoms with E-state index in [0.29, 0.717) is 12.1 Å². The van der Waals surface area contributed by atoms with Crippen LogP contribution in [0.5, 0.6) is 0 Å². The van der Waals surface area contributed by atoms with Gasteiger partial charge in [-0.05, 0) is 18.9 Å². The highest BCUT2D eigenvalue weighted by molar-refractivity contribution is 7.99. The van der Waals surface area contributed by atoms with Crippen LogP contribution >= 0.6 is 11.8 Å². The molecule has 0 unspecified atom stereocenters. The zero-order chi connectivity index (χ0) is 12.7. The Balaban J connectivity index is 1.87. The van der Waals surface area contributed by atoms with Gasteiger partial charge in [0.15, 0.2) is 0 Å². The average molecular weight is 269 g/mol. The van der Waals surface area contributed by atoms with Gasteiger partial charge in [0, 0.05) is 29.8 Å². The van der Waals surface area contributed by atoms with Gasteiger partial charge in [0.05, 0.1) is 0 Å². The van der Waals surface area contributed by atoms with E-state index in [9.17, 15) is 13.6 Å². The molecule has 1 saturated heterocycles. The monoisotopic (exact) mass is 269 g/mol. The summed E-state index contributed by atoms with van der Waals surface area (Å²) in [6, 6.07) is 3.58. The van der Waals surface area contributed by atoms with E-state index in [1.807, 2.05) is 0 Å². The van der Waals surface area contributed by atoms with Crippen LogP contribution in [0.3, 0.4) is 0 Å². The van der Waals surface area contributed by atoms with Crippen LogP contribution in [0.2, 0.25) is 0 Å². The minimum Gasteiger partial charge on any atom is -0.325 e. The van der Waals surface area contributed by atoms with Gasteiger partial charge in [0.2, 0.25) is 5.91 Å². The van der Waals surface area contributed by atoms with Crippen molar-refractivity contribution in [1.29, 1.82) is 0 Å². The van der Waals surface area contributed by atoms with Crippen molar-refractivity contribution < 1.29 is 13.6 Å². The third kappa shape index (κ3) is 2.11. The molecule has 0 radical (unpaired) electrons. The summed E-state index contributed by atoms with van der Waals surface area (Å²) in [5, 5.41) is -0.293. The predicted octanol–water partition coefficient (Wildman–Crippen LogP) is 2.95. The van der Waals surface area contributed by atoms with Crippen LogP contribution in [-0.2, 0) is 4.79 Å². The van der Waals surface area contributed by atoms with Crippen LogP contribution < -0.4 is 0 Å². The van der Waals surface area contributed by atoms with Crippen LogP contribution in [0.1, 0.15) is 23.8 Å². The Kier molecular flexibility index (Phi) is 3.01. The highest BCUT2D eigenvalue weighted by Crippen LogP contribution is 2.42. The number of hydrogen-bond acceptors (Lipinski definition) is 2. The van der Waals surface area contributed by atoms with E-state index in [1.165, 1.54) is 23.9 Å². The first-order valence-corrected chi connectivity index (χ1v) is 7.09. The van der Waals surface area contributed by atoms with Crippen LogP contribution in [0.4, 0.5) is 8.78 Å². The van der Waals surface area contributed by atoms with Crippen molar-refractivity contribution in [1.82, 2.24) is 4.90 Å². The molecule has 5 heteroatoms. The summed E-state index contributed by atoms with van der Waals surface area (Å²) in [6.45, 7) is 0.654. The Morgan fingerprint density at radius 1 is 1.33 bits per heavy atom. The molecule has 0 bridgehead atoms. The van der Waals surface area contributed by atoms with Crippen molar-refractivity contribution in [2.24, 2.45) is 5.92 Å². The van der Waals surface area contributed by atoms with Gasteiger partial charge in [-0.25, -0.2) is 8.78 Å². The molecule has 1 atom stereocenters. The standard InChI is InChI=1S/C13H13F2NOS/c14-9-3-4-10(11(15)7-9)13-16(5-6-18-13)12(17)8-1-2-8/h3-4,7-8,13H,1-2,5-6H2/t13-/m0/s1. The molecule has 1 aromatic carbocycles. The summed E-state index contributed by atoms with van der Waals surface area (Å²) in [6.07, 6.45) is 1.89. The number of hydrogen-bond donors (Lipinski definition) is 0. The predicted molar refractivity (Wildman–Crippen MR) is 66.0 cm³/mol. The van der Waals surface area contributed by atoms with Gasteiger partial charge < -0.3 is 4.90 Å². The second-order valence-corrected chi connectivity index (χ2v) is 5.88. The Morgan fingerprint density at radius 3 is 2.78 bits per heavy atom. The summed E-state index contributed by atoms with van der Waals surface area (Å²) in [5.41, 5.74) is 0.410. The number of carbonyl (C=O) groups is 1. The Bertz CT molecular complexity index is 490. The number of thioether (sulfide) groups is 1. The van der Waals surface area contributed by atoms with E-state index in [0.717, 1.165) is 24.7 Å². The van der Waals surface area contributed by atoms with E-state index in [1.54, 1.807) is 4.90 Å². The molecule has 2 nitrogen and oxygen atoms in total. The van der Waals surface area contributed by atoms with Crippen molar-refractivity contribution in [2.75, 3.05) is 12.3 Å². The Morgan fingerprint density at radius 2 is 2.11 bits per heavy atom. The van der Waals surface area contributed by atoms with Gasteiger partial charge in [-0.2, -0.15) is 0 Å². The molecule has 96 valence electrons. The fourth-order valence-electron chi connectivity index (χ4n) is 2.22. The molecule has 1 aliphatic carbocycles. The molecule has 1 aromatic rings. The minimum atomic E-state index is -0.584. The lowest BCUT2D eigenvalue weighted by Gasteiger charge is -2.24. The lowest BCUT2D eigenvalue weighted by Crippen LogP contribution is -2.31. The summed E-state index contributed by atoms with van der Waals surface area (Å²) >= 11 is 1.54. The van der Waals surface area contributed by atoms with Crippen LogP contribution in [0, 0.1) is 17.6 Å². The minimum absolute atomic E-state index is 0.119. The Labute approximate surface area is 108 Å². The second kappa shape index (κ2) is 4.53. The fraction of sp³-hybridized carbons (Fsp3) is 0.462. The van der Waals surface area contributed by atoms with E-state index in [2.05, 4.69) is 0 Å². The molecule has 2 aliphatic rings. The summed E-state index contributed by atoms with van der Waals surface area (Å²) in [5.74, 6) is -0.0920. The van der Waals surface area contributed by atoms with E-state index < -0.39 is 11.6 Å². The maximum Gasteiger partial charge on any atom is 0.226 e. The number of carbonyl (C=O) groups excluding carboxylic acids is 1. The first kappa shape index (κ1) is 12.0. The molecule has 18 heavy (non-hydrogen) atoms. The molecule has 1 heterocycles. The Hall–Kier alpha value is -1.10. The third-order valence-corrected chi connectivity index (χ3v) is 4.57. The number of amides is 1. The smallest absolute Gasteiger partial charge is 0.226 e. The topological polar surface area (TPSA) is 20.3 Å². The SMILES string of the molecule is O=C(C1CC1)N1CCS[C@H]1c1ccc(F)cc1F. The number of halogens is 2. The van der Waals surface area contributed by atoms with Gasteiger partial charge in [-0.1, -0.05) is 6.07 Å². The molecular formula is C13H13F2NOS. The van der Waals surface area contributed by atoms with Crippen LogP contribution in [-0.4, -0.2) is 23.1 Å². The van der Waals surface area contributed by atoms with Crippen LogP contribution in [0.25, 0.3) is 0 Å². The lowest BCUT2D eigenvalue weighted by atomic mass is 10.1. The zero-order valence-corrected chi connectivity index (χ0v) is 10.6. The average Bonchev–Trinajstić information content (AvgIpc) is 3.07. The van der Waals surface area contributed by atoms with E-state index in [4.69, 9.17) is 0 Å². The summed E-state index contributed by atoms with van der Waals surface area (Å²) < 4.78 is 26.7. The molecular weight excluding hydrogens is 256 g/mol. The van der Waals surface area contributed by atoms with Crippen molar-refractivity contribution >= 4 is 17.7 Å². The van der Waals surface area contributed by atoms with Gasteiger partial charge >= 0.3 is 0 Å². The molecule has 1 amide bonds. The highest BCUT2D eigenvalue weighted by Gasteiger charge is 2.39. The zero-order valence-electron chi connectivity index (χ0n) is 9.73. The molecule has 0 spiro atoms. The van der Waals surface area contributed by atoms with Gasteiger partial charge in [-0.3, -0.25) is 4.79 Å². The highest BCUT2D eigenvalue weighted by atomic mass is 32.2. The maximum absolute atomic E-state index is 13.8. The molecule has 1 saturated carbocycles. The van der Waals surface area contributed by atoms with E-state index >= 15 is 0 Å². The number of rotatable bonds is 2. The van der Waals surface area contributed by atoms with Crippen molar-refractivity contribution in [3.8, 4) is 0 Å². The molecule has 0 N–H and O–H groups in total. The van der Waals surface area contributed by atoms with Crippen molar-refractivity contribution in [3.63, 3.8) is 0 Å². The lowest BCUT2D eigenvalue weighted by molar-refractivity contribution is -0.132. The first-order chi connectivity index (χ1) is 8.66. The molecule has 1 aliphatic heterocycles. The molecule has 0 aromatic heterocycles. The van der Waals surface area contributed by atoms with Gasteiger partial charge in [0.25, 0.3) is 0 Å². The van der Waals surface area contributed by atoms with Crippen molar-refractivity contribution in [2.45, 2.75) is 18.2 Å². The normalized spacial score (nSPS) is 23.4. The third-order valence-electron chi connectivity index (χ3n) is 3.33. The van der Waals surface area contributed by atoms with Gasteiger partial charge in [0.1, 0.15) is 17.0 Å². The molecule has 3 rings (SSSR count). The second-order valence-electron chi connectivity index (χ2n) is 4.69. The van der Waals surface area contributed by atoms with Crippen LogP contribution in [0.15, 0.2) is 18.2 Å².